The fraction of sp³-hybridized carbons (Fsp3) is 0.455. The molecule has 1 aliphatic rings. The number of benzene rings is 1. The van der Waals surface area contributed by atoms with Crippen LogP contribution >= 0.6 is 0 Å². The molecular formula is C11H15N. The van der Waals surface area contributed by atoms with E-state index in [1.54, 1.807) is 0 Å². The Hall–Kier alpha value is -0.820. The second-order valence-electron chi connectivity index (χ2n) is 3.66. The van der Waals surface area contributed by atoms with Crippen molar-refractivity contribution in [2.75, 3.05) is 0 Å². The zero-order valence-corrected chi connectivity index (χ0v) is 7.51. The molecule has 1 saturated carbocycles. The summed E-state index contributed by atoms with van der Waals surface area (Å²) in [5.41, 5.74) is 9.72. The van der Waals surface area contributed by atoms with Crippen molar-refractivity contribution in [3.8, 4) is 0 Å². The normalized spacial score (nSPS) is 16.5. The van der Waals surface area contributed by atoms with E-state index in [-0.39, 0.29) is 0 Å². The van der Waals surface area contributed by atoms with Crippen LogP contribution in [0.1, 0.15) is 35.4 Å². The molecule has 0 aromatic heterocycles. The minimum Gasteiger partial charge on any atom is -0.326 e. The summed E-state index contributed by atoms with van der Waals surface area (Å²) >= 11 is 0. The van der Waals surface area contributed by atoms with Gasteiger partial charge >= 0.3 is 0 Å². The van der Waals surface area contributed by atoms with Crippen molar-refractivity contribution >= 4 is 0 Å². The molecule has 0 heterocycles. The summed E-state index contributed by atoms with van der Waals surface area (Å²) in [7, 11) is 0. The van der Waals surface area contributed by atoms with Crippen LogP contribution in [-0.2, 0) is 6.54 Å². The lowest BCUT2D eigenvalue weighted by atomic mass is 10.0. The van der Waals surface area contributed by atoms with Gasteiger partial charge in [0.2, 0.25) is 0 Å². The van der Waals surface area contributed by atoms with E-state index >= 15 is 0 Å². The SMILES string of the molecule is Cc1cc(C2CC2)ccc1CN. The number of hydrogen-bond acceptors (Lipinski definition) is 1. The van der Waals surface area contributed by atoms with Gasteiger partial charge in [-0.3, -0.25) is 0 Å². The highest BCUT2D eigenvalue weighted by molar-refractivity contribution is 5.34. The van der Waals surface area contributed by atoms with Crippen LogP contribution in [0.25, 0.3) is 0 Å². The summed E-state index contributed by atoms with van der Waals surface area (Å²) in [6.07, 6.45) is 2.75. The molecule has 1 aromatic rings. The predicted molar refractivity (Wildman–Crippen MR) is 51.0 cm³/mol. The molecule has 0 bridgehead atoms. The molecule has 1 nitrogen and oxygen atoms in total. The second-order valence-corrected chi connectivity index (χ2v) is 3.66. The van der Waals surface area contributed by atoms with E-state index in [1.165, 1.54) is 29.5 Å². The smallest absolute Gasteiger partial charge is 0.0180 e. The highest BCUT2D eigenvalue weighted by Gasteiger charge is 2.23. The Balaban J connectivity index is 2.30. The number of rotatable bonds is 2. The van der Waals surface area contributed by atoms with Crippen LogP contribution in [0.3, 0.4) is 0 Å². The van der Waals surface area contributed by atoms with Crippen LogP contribution in [0.5, 0.6) is 0 Å². The van der Waals surface area contributed by atoms with Crippen LogP contribution in [-0.4, -0.2) is 0 Å². The van der Waals surface area contributed by atoms with Gasteiger partial charge in [0, 0.05) is 6.54 Å². The Morgan fingerprint density at radius 2 is 2.17 bits per heavy atom. The van der Waals surface area contributed by atoms with Crippen molar-refractivity contribution in [3.63, 3.8) is 0 Å². The minimum atomic E-state index is 0.663. The van der Waals surface area contributed by atoms with E-state index in [9.17, 15) is 0 Å². The molecule has 0 amide bonds. The van der Waals surface area contributed by atoms with Gasteiger partial charge < -0.3 is 5.73 Å². The number of hydrogen-bond donors (Lipinski definition) is 1. The van der Waals surface area contributed by atoms with Gasteiger partial charge in [0.25, 0.3) is 0 Å². The highest BCUT2D eigenvalue weighted by Crippen LogP contribution is 2.40. The molecule has 12 heavy (non-hydrogen) atoms. The predicted octanol–water partition coefficient (Wildman–Crippen LogP) is 2.33. The van der Waals surface area contributed by atoms with Gasteiger partial charge in [0.15, 0.2) is 0 Å². The molecule has 2 rings (SSSR count). The highest BCUT2D eigenvalue weighted by atomic mass is 14.5. The molecule has 2 N–H and O–H groups in total. The standard InChI is InChI=1S/C11H15N/c1-8-6-10(9-2-3-9)4-5-11(8)7-12/h4-6,9H,2-3,7,12H2,1H3. The third-order valence-electron chi connectivity index (χ3n) is 2.64. The molecule has 0 saturated heterocycles. The van der Waals surface area contributed by atoms with E-state index in [2.05, 4.69) is 25.1 Å². The van der Waals surface area contributed by atoms with Gasteiger partial charge in [-0.25, -0.2) is 0 Å². The molecule has 1 aromatic carbocycles. The lowest BCUT2D eigenvalue weighted by Crippen LogP contribution is -1.99. The molecule has 1 heteroatoms. The fourth-order valence-electron chi connectivity index (χ4n) is 1.62. The summed E-state index contributed by atoms with van der Waals surface area (Å²) in [5, 5.41) is 0. The first-order valence-electron chi connectivity index (χ1n) is 4.61. The topological polar surface area (TPSA) is 26.0 Å². The zero-order valence-electron chi connectivity index (χ0n) is 7.51. The average molecular weight is 161 g/mol. The van der Waals surface area contributed by atoms with E-state index in [0.717, 1.165) is 5.92 Å². The quantitative estimate of drug-likeness (QED) is 0.707. The van der Waals surface area contributed by atoms with E-state index < -0.39 is 0 Å². The fourth-order valence-corrected chi connectivity index (χ4v) is 1.62. The van der Waals surface area contributed by atoms with Crippen molar-refractivity contribution in [1.82, 2.24) is 0 Å². The number of aryl methyl sites for hydroxylation is 1. The maximum absolute atomic E-state index is 5.59. The lowest BCUT2D eigenvalue weighted by molar-refractivity contribution is 1.03. The summed E-state index contributed by atoms with van der Waals surface area (Å²) in [5.74, 6) is 0.857. The first-order valence-corrected chi connectivity index (χ1v) is 4.61. The van der Waals surface area contributed by atoms with Crippen molar-refractivity contribution in [2.24, 2.45) is 5.73 Å². The van der Waals surface area contributed by atoms with Crippen molar-refractivity contribution in [3.05, 3.63) is 34.9 Å². The van der Waals surface area contributed by atoms with Gasteiger partial charge in [-0.15, -0.1) is 0 Å². The van der Waals surface area contributed by atoms with Gasteiger partial charge in [-0.1, -0.05) is 18.2 Å². The molecule has 64 valence electrons. The van der Waals surface area contributed by atoms with Crippen LogP contribution in [0.15, 0.2) is 18.2 Å². The Morgan fingerprint density at radius 3 is 2.67 bits per heavy atom. The summed E-state index contributed by atoms with van der Waals surface area (Å²) in [4.78, 5) is 0. The molecule has 0 aliphatic heterocycles. The first kappa shape index (κ1) is 7.81. The monoisotopic (exact) mass is 161 g/mol. The van der Waals surface area contributed by atoms with Crippen LogP contribution < -0.4 is 5.73 Å². The maximum atomic E-state index is 5.59. The molecule has 1 fully saturated rings. The van der Waals surface area contributed by atoms with E-state index in [4.69, 9.17) is 5.73 Å². The molecular weight excluding hydrogens is 146 g/mol. The third kappa shape index (κ3) is 1.37. The largest absolute Gasteiger partial charge is 0.326 e. The first-order chi connectivity index (χ1) is 5.81. The van der Waals surface area contributed by atoms with Crippen molar-refractivity contribution in [1.29, 1.82) is 0 Å². The molecule has 0 radical (unpaired) electrons. The zero-order chi connectivity index (χ0) is 8.55. The Labute approximate surface area is 73.6 Å². The summed E-state index contributed by atoms with van der Waals surface area (Å²) in [6.45, 7) is 2.81. The maximum Gasteiger partial charge on any atom is 0.0180 e. The summed E-state index contributed by atoms with van der Waals surface area (Å²) < 4.78 is 0. The molecule has 0 spiro atoms. The minimum absolute atomic E-state index is 0.663. The lowest BCUT2D eigenvalue weighted by Gasteiger charge is -2.05. The van der Waals surface area contributed by atoms with Gasteiger partial charge in [-0.05, 0) is 42.4 Å². The second kappa shape index (κ2) is 2.91. The van der Waals surface area contributed by atoms with Gasteiger partial charge in [0.05, 0.1) is 0 Å². The third-order valence-corrected chi connectivity index (χ3v) is 2.64. The Kier molecular flexibility index (Phi) is 1.89. The molecule has 0 unspecified atom stereocenters. The average Bonchev–Trinajstić information content (AvgIpc) is 2.86. The van der Waals surface area contributed by atoms with Gasteiger partial charge in [-0.2, -0.15) is 0 Å². The van der Waals surface area contributed by atoms with Crippen LogP contribution in [0.2, 0.25) is 0 Å². The number of nitrogens with two attached hydrogens (primary N) is 1. The Bertz CT molecular complexity index is 287. The summed E-state index contributed by atoms with van der Waals surface area (Å²) in [6, 6.07) is 6.69. The van der Waals surface area contributed by atoms with Gasteiger partial charge in [0.1, 0.15) is 0 Å². The Morgan fingerprint density at radius 1 is 1.42 bits per heavy atom. The van der Waals surface area contributed by atoms with Crippen LogP contribution in [0.4, 0.5) is 0 Å². The van der Waals surface area contributed by atoms with E-state index in [0.29, 0.717) is 6.54 Å². The molecule has 1 aliphatic carbocycles. The molecule has 0 atom stereocenters. The van der Waals surface area contributed by atoms with Crippen molar-refractivity contribution < 1.29 is 0 Å². The van der Waals surface area contributed by atoms with Crippen molar-refractivity contribution in [2.45, 2.75) is 32.2 Å². The van der Waals surface area contributed by atoms with Crippen LogP contribution in [0, 0.1) is 6.92 Å². The van der Waals surface area contributed by atoms with E-state index in [1.807, 2.05) is 0 Å².